The van der Waals surface area contributed by atoms with Crippen LogP contribution in [0.5, 0.6) is 0 Å². The van der Waals surface area contributed by atoms with Crippen LogP contribution in [0, 0.1) is 0 Å². The molecule has 5 nitrogen and oxygen atoms in total. The van der Waals surface area contributed by atoms with E-state index in [1.165, 1.54) is 13.2 Å². The molecule has 98 valence electrons. The summed E-state index contributed by atoms with van der Waals surface area (Å²) in [5.74, 6) is -0.215. The van der Waals surface area contributed by atoms with Crippen LogP contribution in [0.4, 0.5) is 0 Å². The van der Waals surface area contributed by atoms with Crippen molar-refractivity contribution in [2.45, 2.75) is 13.8 Å². The molecule has 0 saturated heterocycles. The first-order valence-corrected chi connectivity index (χ1v) is 5.86. The average molecular weight is 259 g/mol. The number of furan rings is 1. The topological polar surface area (TPSA) is 69.4 Å². The standard InChI is InChI=1S/C14H13NO4/c1-3-18-14(17)12-8-10(13-5-4-6-19-13)7-11(15-12)9(2)16/h4-8H,3H2,1-2H3. The lowest BCUT2D eigenvalue weighted by molar-refractivity contribution is 0.0519. The van der Waals surface area contributed by atoms with Crippen LogP contribution in [-0.2, 0) is 4.74 Å². The molecule has 5 heteroatoms. The van der Waals surface area contributed by atoms with Crippen LogP contribution in [0.25, 0.3) is 11.3 Å². The van der Waals surface area contributed by atoms with E-state index in [2.05, 4.69) is 4.98 Å². The van der Waals surface area contributed by atoms with E-state index in [0.29, 0.717) is 11.3 Å². The van der Waals surface area contributed by atoms with Crippen LogP contribution < -0.4 is 0 Å². The number of rotatable bonds is 4. The lowest BCUT2D eigenvalue weighted by Crippen LogP contribution is -2.10. The van der Waals surface area contributed by atoms with E-state index in [9.17, 15) is 9.59 Å². The lowest BCUT2D eigenvalue weighted by Gasteiger charge is -2.05. The highest BCUT2D eigenvalue weighted by Crippen LogP contribution is 2.22. The first-order chi connectivity index (χ1) is 9.11. The first-order valence-electron chi connectivity index (χ1n) is 5.86. The summed E-state index contributed by atoms with van der Waals surface area (Å²) in [5.41, 5.74) is 0.922. The number of ketones is 1. The summed E-state index contributed by atoms with van der Waals surface area (Å²) >= 11 is 0. The minimum absolute atomic E-state index is 0.0981. The predicted octanol–water partition coefficient (Wildman–Crippen LogP) is 2.72. The zero-order valence-corrected chi connectivity index (χ0v) is 10.7. The molecule has 0 unspecified atom stereocenters. The van der Waals surface area contributed by atoms with Crippen LogP contribution >= 0.6 is 0 Å². The van der Waals surface area contributed by atoms with Gasteiger partial charge in [-0.25, -0.2) is 9.78 Å². The molecule has 0 aliphatic carbocycles. The summed E-state index contributed by atoms with van der Waals surface area (Å²) in [5, 5.41) is 0. The molecule has 0 amide bonds. The Hall–Kier alpha value is -2.43. The van der Waals surface area contributed by atoms with Gasteiger partial charge in [0.25, 0.3) is 0 Å². The maximum absolute atomic E-state index is 11.7. The maximum Gasteiger partial charge on any atom is 0.356 e. The molecule has 0 spiro atoms. The number of hydrogen-bond donors (Lipinski definition) is 0. The molecule has 0 saturated carbocycles. The highest BCUT2D eigenvalue weighted by Gasteiger charge is 2.15. The Morgan fingerprint density at radius 3 is 2.63 bits per heavy atom. The van der Waals surface area contributed by atoms with Gasteiger partial charge < -0.3 is 9.15 Å². The SMILES string of the molecule is CCOC(=O)c1cc(-c2ccco2)cc(C(C)=O)n1. The summed E-state index contributed by atoms with van der Waals surface area (Å²) < 4.78 is 10.1. The van der Waals surface area contributed by atoms with E-state index < -0.39 is 5.97 Å². The molecule has 2 aromatic rings. The number of nitrogens with zero attached hydrogens (tertiary/aromatic N) is 1. The Labute approximate surface area is 110 Å². The second-order valence-corrected chi connectivity index (χ2v) is 3.88. The van der Waals surface area contributed by atoms with Gasteiger partial charge in [-0.15, -0.1) is 0 Å². The Morgan fingerprint density at radius 1 is 1.32 bits per heavy atom. The fourth-order valence-electron chi connectivity index (χ4n) is 1.61. The Balaban J connectivity index is 2.50. The van der Waals surface area contributed by atoms with E-state index in [1.807, 2.05) is 0 Å². The van der Waals surface area contributed by atoms with Crippen molar-refractivity contribution in [3.05, 3.63) is 41.9 Å². The average Bonchev–Trinajstić information content (AvgIpc) is 2.92. The minimum atomic E-state index is -0.557. The third kappa shape index (κ3) is 2.88. The van der Waals surface area contributed by atoms with Crippen molar-refractivity contribution in [2.24, 2.45) is 0 Å². The van der Waals surface area contributed by atoms with Crippen LogP contribution in [0.3, 0.4) is 0 Å². The van der Waals surface area contributed by atoms with Crippen molar-refractivity contribution in [3.8, 4) is 11.3 Å². The summed E-state index contributed by atoms with van der Waals surface area (Å²) in [4.78, 5) is 27.2. The predicted molar refractivity (Wildman–Crippen MR) is 67.9 cm³/mol. The third-order valence-corrected chi connectivity index (χ3v) is 2.48. The van der Waals surface area contributed by atoms with Gasteiger partial charge >= 0.3 is 5.97 Å². The maximum atomic E-state index is 11.7. The van der Waals surface area contributed by atoms with Crippen molar-refractivity contribution in [3.63, 3.8) is 0 Å². The monoisotopic (exact) mass is 259 g/mol. The molecule has 0 aromatic carbocycles. The third-order valence-electron chi connectivity index (χ3n) is 2.48. The molecule has 2 heterocycles. The number of aromatic nitrogens is 1. The van der Waals surface area contributed by atoms with E-state index in [-0.39, 0.29) is 23.8 Å². The zero-order valence-electron chi connectivity index (χ0n) is 10.7. The normalized spacial score (nSPS) is 10.2. The summed E-state index contributed by atoms with van der Waals surface area (Å²) in [6.45, 7) is 3.35. The number of hydrogen-bond acceptors (Lipinski definition) is 5. The minimum Gasteiger partial charge on any atom is -0.464 e. The molecule has 0 N–H and O–H groups in total. The molecule has 0 radical (unpaired) electrons. The van der Waals surface area contributed by atoms with Gasteiger partial charge in [0.05, 0.1) is 12.9 Å². The number of esters is 1. The van der Waals surface area contributed by atoms with Crippen molar-refractivity contribution in [1.29, 1.82) is 0 Å². The number of ether oxygens (including phenoxy) is 1. The van der Waals surface area contributed by atoms with Crippen LogP contribution in [0.1, 0.15) is 34.8 Å². The Bertz CT molecular complexity index is 602. The van der Waals surface area contributed by atoms with Gasteiger partial charge in [-0.05, 0) is 31.2 Å². The van der Waals surface area contributed by atoms with E-state index >= 15 is 0 Å². The highest BCUT2D eigenvalue weighted by molar-refractivity contribution is 5.96. The smallest absolute Gasteiger partial charge is 0.356 e. The highest BCUT2D eigenvalue weighted by atomic mass is 16.5. The van der Waals surface area contributed by atoms with Crippen molar-refractivity contribution in [2.75, 3.05) is 6.61 Å². The molecular weight excluding hydrogens is 246 g/mol. The molecule has 2 rings (SSSR count). The number of pyridine rings is 1. The van der Waals surface area contributed by atoms with Gasteiger partial charge in [0.1, 0.15) is 17.1 Å². The van der Waals surface area contributed by atoms with Crippen LogP contribution in [0.15, 0.2) is 34.9 Å². The van der Waals surface area contributed by atoms with Gasteiger partial charge in [0.2, 0.25) is 0 Å². The molecule has 19 heavy (non-hydrogen) atoms. The summed E-state index contributed by atoms with van der Waals surface area (Å²) in [6.07, 6.45) is 1.52. The van der Waals surface area contributed by atoms with Crippen LogP contribution in [0.2, 0.25) is 0 Å². The quantitative estimate of drug-likeness (QED) is 0.623. The lowest BCUT2D eigenvalue weighted by atomic mass is 10.1. The van der Waals surface area contributed by atoms with E-state index in [4.69, 9.17) is 9.15 Å². The van der Waals surface area contributed by atoms with Gasteiger partial charge in [-0.1, -0.05) is 0 Å². The molecule has 0 fully saturated rings. The fourth-order valence-corrected chi connectivity index (χ4v) is 1.61. The van der Waals surface area contributed by atoms with Crippen molar-refractivity contribution in [1.82, 2.24) is 4.98 Å². The van der Waals surface area contributed by atoms with Gasteiger partial charge in [-0.3, -0.25) is 4.79 Å². The van der Waals surface area contributed by atoms with Crippen molar-refractivity contribution < 1.29 is 18.7 Å². The van der Waals surface area contributed by atoms with E-state index in [0.717, 1.165) is 0 Å². The molecule has 0 bridgehead atoms. The molecule has 0 aliphatic heterocycles. The molecule has 0 aliphatic rings. The van der Waals surface area contributed by atoms with Gasteiger partial charge in [0.15, 0.2) is 5.78 Å². The Morgan fingerprint density at radius 2 is 2.05 bits per heavy atom. The number of carbonyl (C=O) groups excluding carboxylic acids is 2. The second-order valence-electron chi connectivity index (χ2n) is 3.88. The molecular formula is C14H13NO4. The summed E-state index contributed by atoms with van der Waals surface area (Å²) in [6, 6.07) is 6.61. The zero-order chi connectivity index (χ0) is 13.8. The van der Waals surface area contributed by atoms with Crippen LogP contribution in [-0.4, -0.2) is 23.3 Å². The van der Waals surface area contributed by atoms with Gasteiger partial charge in [-0.2, -0.15) is 0 Å². The number of carbonyl (C=O) groups is 2. The molecule has 0 atom stereocenters. The number of Topliss-reactive ketones (excluding diaryl/α,β-unsaturated/α-hetero) is 1. The Kier molecular flexibility index (Phi) is 3.75. The molecule has 2 aromatic heterocycles. The van der Waals surface area contributed by atoms with E-state index in [1.54, 1.807) is 31.2 Å². The summed E-state index contributed by atoms with van der Waals surface area (Å²) in [7, 11) is 0. The van der Waals surface area contributed by atoms with Gasteiger partial charge in [0, 0.05) is 12.5 Å². The fraction of sp³-hybridized carbons (Fsp3) is 0.214. The van der Waals surface area contributed by atoms with Crippen molar-refractivity contribution >= 4 is 11.8 Å². The second kappa shape index (κ2) is 5.48. The largest absolute Gasteiger partial charge is 0.464 e. The first kappa shape index (κ1) is 13.0.